The summed E-state index contributed by atoms with van der Waals surface area (Å²) in [5.41, 5.74) is 6.43. The van der Waals surface area contributed by atoms with Crippen molar-refractivity contribution >= 4 is 32.7 Å². The number of aryl methyl sites for hydroxylation is 1. The molecule has 0 radical (unpaired) electrons. The molecular weight excluding hydrogens is 330 g/mol. The predicted molar refractivity (Wildman–Crippen MR) is 113 cm³/mol. The van der Waals surface area contributed by atoms with Gasteiger partial charge < -0.3 is 4.42 Å². The summed E-state index contributed by atoms with van der Waals surface area (Å²) in [5.74, 6) is 0.507. The first kappa shape index (κ1) is 16.1. The molecule has 5 rings (SSSR count). The van der Waals surface area contributed by atoms with E-state index >= 15 is 0 Å². The van der Waals surface area contributed by atoms with Crippen molar-refractivity contribution in [3.8, 4) is 11.3 Å². The van der Waals surface area contributed by atoms with E-state index in [1.807, 2.05) is 18.3 Å². The van der Waals surface area contributed by atoms with Crippen LogP contribution in [0.2, 0.25) is 0 Å². The Labute approximate surface area is 158 Å². The third kappa shape index (κ3) is 2.52. The van der Waals surface area contributed by atoms with E-state index in [4.69, 9.17) is 9.40 Å². The molecule has 2 aromatic heterocycles. The maximum Gasteiger partial charge on any atom is 0.144 e. The lowest BCUT2D eigenvalue weighted by atomic mass is 9.96. The summed E-state index contributed by atoms with van der Waals surface area (Å²) in [7, 11) is 0. The second-order valence-corrected chi connectivity index (χ2v) is 7.58. The lowest BCUT2D eigenvalue weighted by Gasteiger charge is -2.11. The topological polar surface area (TPSA) is 26.0 Å². The average molecular weight is 351 g/mol. The lowest BCUT2D eigenvalue weighted by Crippen LogP contribution is -1.91. The molecular formula is C25H21NO. The fourth-order valence-corrected chi connectivity index (χ4v) is 3.92. The van der Waals surface area contributed by atoms with Crippen molar-refractivity contribution in [2.24, 2.45) is 0 Å². The molecule has 0 spiro atoms. The van der Waals surface area contributed by atoms with Crippen molar-refractivity contribution in [3.05, 3.63) is 78.0 Å². The van der Waals surface area contributed by atoms with E-state index in [-0.39, 0.29) is 0 Å². The van der Waals surface area contributed by atoms with Gasteiger partial charge in [-0.15, -0.1) is 0 Å². The van der Waals surface area contributed by atoms with Gasteiger partial charge in [0.2, 0.25) is 0 Å². The van der Waals surface area contributed by atoms with Crippen LogP contribution >= 0.6 is 0 Å². The summed E-state index contributed by atoms with van der Waals surface area (Å²) in [5, 5.41) is 4.68. The molecule has 0 saturated heterocycles. The molecule has 0 atom stereocenters. The highest BCUT2D eigenvalue weighted by atomic mass is 16.3. The normalized spacial score (nSPS) is 11.9. The van der Waals surface area contributed by atoms with E-state index in [1.165, 1.54) is 16.5 Å². The number of hydrogen-bond acceptors (Lipinski definition) is 2. The minimum atomic E-state index is 0.507. The van der Waals surface area contributed by atoms with Gasteiger partial charge in [0.15, 0.2) is 0 Å². The SMILES string of the molecule is Cc1cc(-c2nccc3cc(C(C)C)ccc23)c2oc3ccccc3c2c1. The van der Waals surface area contributed by atoms with Gasteiger partial charge in [0.05, 0.1) is 5.69 Å². The van der Waals surface area contributed by atoms with Crippen LogP contribution in [0.5, 0.6) is 0 Å². The predicted octanol–water partition coefficient (Wildman–Crippen LogP) is 7.23. The highest BCUT2D eigenvalue weighted by Crippen LogP contribution is 2.38. The van der Waals surface area contributed by atoms with Crippen LogP contribution < -0.4 is 0 Å². The van der Waals surface area contributed by atoms with Crippen LogP contribution in [0.4, 0.5) is 0 Å². The summed E-state index contributed by atoms with van der Waals surface area (Å²) < 4.78 is 6.26. The zero-order valence-electron chi connectivity index (χ0n) is 15.8. The number of nitrogens with zero attached hydrogens (tertiary/aromatic N) is 1. The van der Waals surface area contributed by atoms with Crippen LogP contribution in [-0.2, 0) is 0 Å². The van der Waals surface area contributed by atoms with Gasteiger partial charge in [-0.3, -0.25) is 4.98 Å². The molecule has 0 unspecified atom stereocenters. The molecule has 27 heavy (non-hydrogen) atoms. The second kappa shape index (κ2) is 5.95. The third-order valence-electron chi connectivity index (χ3n) is 5.33. The molecule has 0 saturated carbocycles. The third-order valence-corrected chi connectivity index (χ3v) is 5.33. The van der Waals surface area contributed by atoms with Gasteiger partial charge in [-0.2, -0.15) is 0 Å². The van der Waals surface area contributed by atoms with E-state index < -0.39 is 0 Å². The van der Waals surface area contributed by atoms with Crippen molar-refractivity contribution in [2.75, 3.05) is 0 Å². The maximum absolute atomic E-state index is 6.26. The Morgan fingerprint density at radius 2 is 1.70 bits per heavy atom. The number of rotatable bonds is 2. The molecule has 0 aliphatic rings. The van der Waals surface area contributed by atoms with E-state index in [9.17, 15) is 0 Å². The number of fused-ring (bicyclic) bond motifs is 4. The first-order chi connectivity index (χ1) is 13.1. The zero-order valence-corrected chi connectivity index (χ0v) is 15.8. The van der Waals surface area contributed by atoms with Gasteiger partial charge in [-0.05, 0) is 53.6 Å². The van der Waals surface area contributed by atoms with Crippen molar-refractivity contribution in [1.82, 2.24) is 4.98 Å². The smallest absolute Gasteiger partial charge is 0.144 e. The Balaban J connectivity index is 1.86. The number of para-hydroxylation sites is 1. The number of hydrogen-bond donors (Lipinski definition) is 0. The molecule has 2 nitrogen and oxygen atoms in total. The zero-order chi connectivity index (χ0) is 18.5. The lowest BCUT2D eigenvalue weighted by molar-refractivity contribution is 0.670. The minimum absolute atomic E-state index is 0.507. The number of benzene rings is 3. The van der Waals surface area contributed by atoms with Crippen LogP contribution in [0.3, 0.4) is 0 Å². The molecule has 0 aliphatic carbocycles. The van der Waals surface area contributed by atoms with Crippen molar-refractivity contribution < 1.29 is 4.42 Å². The Morgan fingerprint density at radius 3 is 2.56 bits per heavy atom. The minimum Gasteiger partial charge on any atom is -0.455 e. The largest absolute Gasteiger partial charge is 0.455 e. The van der Waals surface area contributed by atoms with Gasteiger partial charge >= 0.3 is 0 Å². The van der Waals surface area contributed by atoms with Crippen molar-refractivity contribution in [3.63, 3.8) is 0 Å². The van der Waals surface area contributed by atoms with E-state index in [1.54, 1.807) is 0 Å². The fraction of sp³-hybridized carbons (Fsp3) is 0.160. The fourth-order valence-electron chi connectivity index (χ4n) is 3.92. The van der Waals surface area contributed by atoms with Crippen molar-refractivity contribution in [2.45, 2.75) is 26.7 Å². The first-order valence-corrected chi connectivity index (χ1v) is 9.43. The van der Waals surface area contributed by atoms with Crippen LogP contribution in [0, 0.1) is 6.92 Å². The van der Waals surface area contributed by atoms with Gasteiger partial charge in [-0.1, -0.05) is 50.2 Å². The first-order valence-electron chi connectivity index (χ1n) is 9.43. The highest BCUT2D eigenvalue weighted by molar-refractivity contribution is 6.11. The van der Waals surface area contributed by atoms with Crippen LogP contribution in [-0.4, -0.2) is 4.98 Å². The van der Waals surface area contributed by atoms with Gasteiger partial charge in [0.25, 0.3) is 0 Å². The quantitative estimate of drug-likeness (QED) is 0.335. The summed E-state index contributed by atoms with van der Waals surface area (Å²) in [6, 6.07) is 21.4. The molecule has 0 amide bonds. The molecule has 0 aliphatic heterocycles. The van der Waals surface area contributed by atoms with Gasteiger partial charge in [0.1, 0.15) is 11.2 Å². The summed E-state index contributed by atoms with van der Waals surface area (Å²) in [4.78, 5) is 4.75. The monoisotopic (exact) mass is 351 g/mol. The van der Waals surface area contributed by atoms with Crippen molar-refractivity contribution in [1.29, 1.82) is 0 Å². The van der Waals surface area contributed by atoms with E-state index in [0.29, 0.717) is 5.92 Å². The summed E-state index contributed by atoms with van der Waals surface area (Å²) in [6.07, 6.45) is 1.90. The van der Waals surface area contributed by atoms with Gasteiger partial charge in [-0.25, -0.2) is 0 Å². The highest BCUT2D eigenvalue weighted by Gasteiger charge is 2.16. The molecule has 2 heterocycles. The Morgan fingerprint density at radius 1 is 0.852 bits per heavy atom. The second-order valence-electron chi connectivity index (χ2n) is 7.58. The summed E-state index contributed by atoms with van der Waals surface area (Å²) in [6.45, 7) is 6.58. The Hall–Kier alpha value is -3.13. The van der Waals surface area contributed by atoms with Crippen LogP contribution in [0.25, 0.3) is 44.0 Å². The molecule has 0 bridgehead atoms. The molecule has 5 aromatic rings. The van der Waals surface area contributed by atoms with Gasteiger partial charge in [0, 0.05) is 27.9 Å². The molecule has 2 heteroatoms. The van der Waals surface area contributed by atoms with E-state index in [0.717, 1.165) is 38.6 Å². The Bertz CT molecular complexity index is 1310. The number of pyridine rings is 1. The number of aromatic nitrogens is 1. The van der Waals surface area contributed by atoms with Crippen LogP contribution in [0.15, 0.2) is 71.3 Å². The van der Waals surface area contributed by atoms with Crippen LogP contribution in [0.1, 0.15) is 30.9 Å². The summed E-state index contributed by atoms with van der Waals surface area (Å²) >= 11 is 0. The standard InChI is InChI=1S/C25H21NO/c1-15(2)17-8-9-19-18(14-17)10-11-26-24(19)22-13-16(3)12-21-20-6-4-5-7-23(20)27-25(21)22/h4-15H,1-3H3. The average Bonchev–Trinajstić information content (AvgIpc) is 3.05. The maximum atomic E-state index is 6.26. The Kier molecular flexibility index (Phi) is 3.54. The van der Waals surface area contributed by atoms with E-state index in [2.05, 4.69) is 69.3 Å². The molecule has 0 N–H and O–H groups in total. The molecule has 132 valence electrons. The number of furan rings is 1. The molecule has 0 fully saturated rings. The molecule has 3 aromatic carbocycles.